The van der Waals surface area contributed by atoms with E-state index in [0.29, 0.717) is 6.42 Å². The summed E-state index contributed by atoms with van der Waals surface area (Å²) in [5, 5.41) is 11.3. The molecular weight excluding hydrogens is 238 g/mol. The van der Waals surface area contributed by atoms with Crippen molar-refractivity contribution >= 4 is 11.9 Å². The number of hydrogen-bond acceptors (Lipinski definition) is 4. The third-order valence-corrected chi connectivity index (χ3v) is 2.98. The molecule has 6 nitrogen and oxygen atoms in total. The van der Waals surface area contributed by atoms with Crippen LogP contribution < -0.4 is 5.32 Å². The molecule has 0 saturated carbocycles. The predicted molar refractivity (Wildman–Crippen MR) is 64.3 cm³/mol. The Morgan fingerprint density at radius 3 is 2.89 bits per heavy atom. The van der Waals surface area contributed by atoms with Gasteiger partial charge in [-0.05, 0) is 19.3 Å². The second kappa shape index (κ2) is 8.05. The minimum Gasteiger partial charge on any atom is -0.481 e. The standard InChI is InChI=1S/C12H21NO5/c1-17-10(7-12(15)16)8-13-11(14)5-4-9-3-2-6-18-9/h9-10H,2-8H2,1H3,(H,13,14)(H,15,16). The molecule has 18 heavy (non-hydrogen) atoms. The van der Waals surface area contributed by atoms with E-state index < -0.39 is 12.1 Å². The summed E-state index contributed by atoms with van der Waals surface area (Å²) in [5.74, 6) is -1.02. The first-order valence-corrected chi connectivity index (χ1v) is 6.24. The molecule has 0 spiro atoms. The van der Waals surface area contributed by atoms with Crippen molar-refractivity contribution in [2.45, 2.75) is 44.3 Å². The van der Waals surface area contributed by atoms with E-state index >= 15 is 0 Å². The molecule has 104 valence electrons. The van der Waals surface area contributed by atoms with E-state index in [9.17, 15) is 9.59 Å². The topological polar surface area (TPSA) is 84.9 Å². The summed E-state index contributed by atoms with van der Waals surface area (Å²) in [6, 6.07) is 0. The number of carbonyl (C=O) groups excluding carboxylic acids is 1. The summed E-state index contributed by atoms with van der Waals surface area (Å²) >= 11 is 0. The minimum absolute atomic E-state index is 0.0852. The quantitative estimate of drug-likeness (QED) is 0.665. The van der Waals surface area contributed by atoms with Crippen LogP contribution >= 0.6 is 0 Å². The van der Waals surface area contributed by atoms with Crippen LogP contribution in [0, 0.1) is 0 Å². The number of aliphatic carboxylic acids is 1. The van der Waals surface area contributed by atoms with Crippen LogP contribution in [0.25, 0.3) is 0 Å². The molecule has 2 atom stereocenters. The van der Waals surface area contributed by atoms with Crippen LogP contribution in [0.3, 0.4) is 0 Å². The summed E-state index contributed by atoms with van der Waals surface area (Å²) < 4.78 is 10.4. The van der Waals surface area contributed by atoms with Crippen molar-refractivity contribution < 1.29 is 24.2 Å². The Balaban J connectivity index is 2.12. The molecule has 6 heteroatoms. The molecule has 1 heterocycles. The fraction of sp³-hybridized carbons (Fsp3) is 0.833. The number of rotatable bonds is 8. The van der Waals surface area contributed by atoms with E-state index in [1.165, 1.54) is 7.11 Å². The minimum atomic E-state index is -0.935. The van der Waals surface area contributed by atoms with Gasteiger partial charge in [0.05, 0.1) is 18.6 Å². The van der Waals surface area contributed by atoms with Gasteiger partial charge in [-0.25, -0.2) is 0 Å². The van der Waals surface area contributed by atoms with Crippen molar-refractivity contribution in [2.24, 2.45) is 0 Å². The van der Waals surface area contributed by atoms with E-state index in [4.69, 9.17) is 14.6 Å². The number of amides is 1. The second-order valence-electron chi connectivity index (χ2n) is 4.43. The second-order valence-corrected chi connectivity index (χ2v) is 4.43. The molecule has 1 amide bonds. The van der Waals surface area contributed by atoms with Crippen molar-refractivity contribution in [3.05, 3.63) is 0 Å². The third-order valence-electron chi connectivity index (χ3n) is 2.98. The van der Waals surface area contributed by atoms with Crippen molar-refractivity contribution in [3.63, 3.8) is 0 Å². The lowest BCUT2D eigenvalue weighted by molar-refractivity contribution is -0.140. The van der Waals surface area contributed by atoms with E-state index in [0.717, 1.165) is 25.9 Å². The third kappa shape index (κ3) is 5.97. The molecule has 1 aliphatic rings. The molecule has 0 aliphatic carbocycles. The summed E-state index contributed by atoms with van der Waals surface area (Å²) in [7, 11) is 1.44. The molecule has 0 aromatic heterocycles. The Morgan fingerprint density at radius 1 is 1.56 bits per heavy atom. The number of carboxylic acid groups (broad SMARTS) is 1. The zero-order valence-electron chi connectivity index (χ0n) is 10.7. The van der Waals surface area contributed by atoms with E-state index in [1.54, 1.807) is 0 Å². The summed E-state index contributed by atoms with van der Waals surface area (Å²) in [6.07, 6.45) is 2.84. The highest BCUT2D eigenvalue weighted by Gasteiger charge is 2.17. The fourth-order valence-electron chi connectivity index (χ4n) is 1.91. The van der Waals surface area contributed by atoms with Crippen LogP contribution in [-0.2, 0) is 19.1 Å². The number of carboxylic acids is 1. The average Bonchev–Trinajstić information content (AvgIpc) is 2.84. The van der Waals surface area contributed by atoms with Crippen molar-refractivity contribution in [3.8, 4) is 0 Å². The zero-order chi connectivity index (χ0) is 13.4. The van der Waals surface area contributed by atoms with Crippen LogP contribution in [0.1, 0.15) is 32.1 Å². The number of carbonyl (C=O) groups is 2. The molecule has 0 aromatic carbocycles. The number of hydrogen-bond donors (Lipinski definition) is 2. The van der Waals surface area contributed by atoms with Crippen LogP contribution in [0.4, 0.5) is 0 Å². The van der Waals surface area contributed by atoms with Crippen molar-refractivity contribution in [1.82, 2.24) is 5.32 Å². The van der Waals surface area contributed by atoms with Gasteiger partial charge in [-0.2, -0.15) is 0 Å². The summed E-state index contributed by atoms with van der Waals surface area (Å²) in [5.41, 5.74) is 0. The Labute approximate surface area is 107 Å². The van der Waals surface area contributed by atoms with Crippen molar-refractivity contribution in [1.29, 1.82) is 0 Å². The normalized spacial score (nSPS) is 20.6. The first-order valence-electron chi connectivity index (χ1n) is 6.24. The van der Waals surface area contributed by atoms with Gasteiger partial charge in [0.2, 0.25) is 5.91 Å². The number of nitrogens with one attached hydrogen (secondary N) is 1. The maximum absolute atomic E-state index is 11.5. The molecular formula is C12H21NO5. The predicted octanol–water partition coefficient (Wildman–Crippen LogP) is 0.552. The number of ether oxygens (including phenoxy) is 2. The van der Waals surface area contributed by atoms with Gasteiger partial charge in [0.25, 0.3) is 0 Å². The Bertz CT molecular complexity index is 276. The maximum Gasteiger partial charge on any atom is 0.306 e. The highest BCUT2D eigenvalue weighted by molar-refractivity contribution is 5.76. The molecule has 1 saturated heterocycles. The largest absolute Gasteiger partial charge is 0.481 e. The van der Waals surface area contributed by atoms with Gasteiger partial charge in [0, 0.05) is 26.7 Å². The zero-order valence-corrected chi connectivity index (χ0v) is 10.7. The lowest BCUT2D eigenvalue weighted by atomic mass is 10.1. The Morgan fingerprint density at radius 2 is 2.33 bits per heavy atom. The van der Waals surface area contributed by atoms with Crippen LogP contribution in [0.15, 0.2) is 0 Å². The molecule has 0 aromatic rings. The molecule has 1 aliphatic heterocycles. The van der Waals surface area contributed by atoms with E-state index in [1.807, 2.05) is 0 Å². The first-order chi connectivity index (χ1) is 8.61. The first kappa shape index (κ1) is 14.9. The lowest BCUT2D eigenvalue weighted by Gasteiger charge is -2.14. The molecule has 0 radical (unpaired) electrons. The SMILES string of the molecule is COC(CNC(=O)CCC1CCCO1)CC(=O)O. The van der Waals surface area contributed by atoms with Gasteiger partial charge in [-0.3, -0.25) is 9.59 Å². The van der Waals surface area contributed by atoms with E-state index in [2.05, 4.69) is 5.32 Å². The number of methoxy groups -OCH3 is 1. The van der Waals surface area contributed by atoms with Gasteiger partial charge in [0.1, 0.15) is 0 Å². The van der Waals surface area contributed by atoms with E-state index in [-0.39, 0.29) is 25.0 Å². The highest BCUT2D eigenvalue weighted by atomic mass is 16.5. The van der Waals surface area contributed by atoms with Gasteiger partial charge < -0.3 is 19.9 Å². The molecule has 1 fully saturated rings. The van der Waals surface area contributed by atoms with Crippen LogP contribution in [0.5, 0.6) is 0 Å². The van der Waals surface area contributed by atoms with Crippen LogP contribution in [-0.4, -0.2) is 49.5 Å². The smallest absolute Gasteiger partial charge is 0.306 e. The average molecular weight is 259 g/mol. The maximum atomic E-state index is 11.5. The van der Waals surface area contributed by atoms with Crippen LogP contribution in [0.2, 0.25) is 0 Å². The lowest BCUT2D eigenvalue weighted by Crippen LogP contribution is -2.34. The molecule has 2 unspecified atom stereocenters. The summed E-state index contributed by atoms with van der Waals surface area (Å²) in [4.78, 5) is 22.0. The van der Waals surface area contributed by atoms with Gasteiger partial charge in [-0.15, -0.1) is 0 Å². The molecule has 0 bridgehead atoms. The Hall–Kier alpha value is -1.14. The molecule has 1 rings (SSSR count). The van der Waals surface area contributed by atoms with Crippen molar-refractivity contribution in [2.75, 3.05) is 20.3 Å². The van der Waals surface area contributed by atoms with Gasteiger partial charge in [-0.1, -0.05) is 0 Å². The van der Waals surface area contributed by atoms with Gasteiger partial charge >= 0.3 is 5.97 Å². The monoisotopic (exact) mass is 259 g/mol. The molecule has 2 N–H and O–H groups in total. The Kier molecular flexibility index (Phi) is 6.67. The highest BCUT2D eigenvalue weighted by Crippen LogP contribution is 2.16. The summed E-state index contributed by atoms with van der Waals surface area (Å²) in [6.45, 7) is 1.02. The fourth-order valence-corrected chi connectivity index (χ4v) is 1.91. The van der Waals surface area contributed by atoms with Gasteiger partial charge in [0.15, 0.2) is 0 Å².